The van der Waals surface area contributed by atoms with Gasteiger partial charge in [-0.15, -0.1) is 0 Å². The Morgan fingerprint density at radius 2 is 1.90 bits per heavy atom. The molecule has 160 valence electrons. The molecule has 1 N–H and O–H groups in total. The van der Waals surface area contributed by atoms with Crippen LogP contribution < -0.4 is 14.5 Å². The molecule has 0 saturated carbocycles. The maximum atomic E-state index is 12.3. The van der Waals surface area contributed by atoms with Crippen molar-refractivity contribution in [2.24, 2.45) is 5.10 Å². The van der Waals surface area contributed by atoms with Gasteiger partial charge in [0.15, 0.2) is 0 Å². The fourth-order valence-electron chi connectivity index (χ4n) is 2.44. The molecule has 0 saturated heterocycles. The highest BCUT2D eigenvalue weighted by Gasteiger charge is 2.24. The summed E-state index contributed by atoms with van der Waals surface area (Å²) in [4.78, 5) is 22.5. The van der Waals surface area contributed by atoms with Crippen LogP contribution in [0.3, 0.4) is 0 Å². The lowest BCUT2D eigenvalue weighted by molar-refractivity contribution is -0.384. The topological polar surface area (TPSA) is 131 Å². The van der Waals surface area contributed by atoms with Crippen molar-refractivity contribution in [1.82, 2.24) is 5.43 Å². The number of sulfonamides is 1. The van der Waals surface area contributed by atoms with Crippen LogP contribution >= 0.6 is 11.6 Å². The number of hydrazone groups is 1. The number of non-ortho nitro benzene ring substituents is 1. The molecule has 0 atom stereocenters. The van der Waals surface area contributed by atoms with E-state index in [0.717, 1.165) is 10.6 Å². The molecular weight excluding hydrogens is 436 g/mol. The van der Waals surface area contributed by atoms with Gasteiger partial charge in [-0.05, 0) is 42.8 Å². The van der Waals surface area contributed by atoms with Crippen molar-refractivity contribution in [1.29, 1.82) is 0 Å². The second kappa shape index (κ2) is 9.55. The smallest absolute Gasteiger partial charge is 0.269 e. The van der Waals surface area contributed by atoms with Crippen LogP contribution in [0.2, 0.25) is 5.02 Å². The number of hydrogen-bond acceptors (Lipinski definition) is 7. The lowest BCUT2D eigenvalue weighted by Crippen LogP contribution is -2.39. The summed E-state index contributed by atoms with van der Waals surface area (Å²) in [7, 11) is -2.48. The molecule has 2 aromatic rings. The number of carbonyl (C=O) groups excluding carboxylic acids is 1. The van der Waals surface area contributed by atoms with E-state index in [1.54, 1.807) is 6.92 Å². The van der Waals surface area contributed by atoms with Crippen molar-refractivity contribution < 1.29 is 22.9 Å². The van der Waals surface area contributed by atoms with E-state index in [0.29, 0.717) is 11.3 Å². The van der Waals surface area contributed by atoms with Crippen molar-refractivity contribution in [3.8, 4) is 5.75 Å². The molecule has 0 aromatic heterocycles. The number of rotatable bonds is 8. The van der Waals surface area contributed by atoms with Crippen LogP contribution in [0.4, 0.5) is 11.4 Å². The van der Waals surface area contributed by atoms with Crippen LogP contribution in [0.5, 0.6) is 5.75 Å². The number of ether oxygens (including phenoxy) is 1. The third-order valence-electron chi connectivity index (χ3n) is 3.94. The number of nitro groups is 1. The Kier molecular flexibility index (Phi) is 7.35. The van der Waals surface area contributed by atoms with Gasteiger partial charge in [0.1, 0.15) is 12.3 Å². The molecule has 30 heavy (non-hydrogen) atoms. The molecule has 0 bridgehead atoms. The molecule has 0 spiro atoms. The number of halogens is 1. The van der Waals surface area contributed by atoms with Crippen molar-refractivity contribution in [2.75, 3.05) is 24.2 Å². The normalized spacial score (nSPS) is 11.7. The second-order valence-electron chi connectivity index (χ2n) is 6.12. The first-order valence-corrected chi connectivity index (χ1v) is 10.6. The van der Waals surface area contributed by atoms with E-state index in [1.165, 1.54) is 49.6 Å². The van der Waals surface area contributed by atoms with Crippen LogP contribution in [0, 0.1) is 10.1 Å². The van der Waals surface area contributed by atoms with Crippen molar-refractivity contribution in [3.63, 3.8) is 0 Å². The number of anilines is 1. The molecule has 0 fully saturated rings. The molecule has 0 aliphatic heterocycles. The third kappa shape index (κ3) is 5.91. The molecule has 0 radical (unpaired) electrons. The number of carbonyl (C=O) groups is 1. The van der Waals surface area contributed by atoms with E-state index in [-0.39, 0.29) is 22.1 Å². The highest BCUT2D eigenvalue weighted by molar-refractivity contribution is 7.92. The van der Waals surface area contributed by atoms with Gasteiger partial charge in [-0.3, -0.25) is 19.2 Å². The third-order valence-corrected chi connectivity index (χ3v) is 5.30. The number of amides is 1. The molecule has 0 aliphatic carbocycles. The molecular formula is C18H19ClN4O6S. The van der Waals surface area contributed by atoms with Crippen LogP contribution in [0.1, 0.15) is 12.5 Å². The van der Waals surface area contributed by atoms with Gasteiger partial charge < -0.3 is 4.74 Å². The molecule has 12 heteroatoms. The van der Waals surface area contributed by atoms with Crippen LogP contribution in [-0.2, 0) is 14.8 Å². The van der Waals surface area contributed by atoms with Crippen LogP contribution in [0.25, 0.3) is 0 Å². The van der Waals surface area contributed by atoms with Gasteiger partial charge in [0, 0.05) is 17.2 Å². The first kappa shape index (κ1) is 23.1. The quantitative estimate of drug-likeness (QED) is 0.370. The average molecular weight is 455 g/mol. The van der Waals surface area contributed by atoms with E-state index in [9.17, 15) is 23.3 Å². The highest BCUT2D eigenvalue weighted by atomic mass is 35.5. The summed E-state index contributed by atoms with van der Waals surface area (Å²) >= 11 is 5.96. The summed E-state index contributed by atoms with van der Waals surface area (Å²) in [5.41, 5.74) is 3.25. The summed E-state index contributed by atoms with van der Waals surface area (Å²) in [6.07, 6.45) is 0.950. The van der Waals surface area contributed by atoms with Crippen LogP contribution in [-0.4, -0.2) is 44.9 Å². The predicted molar refractivity (Wildman–Crippen MR) is 114 cm³/mol. The first-order valence-electron chi connectivity index (χ1n) is 8.42. The fraction of sp³-hybridized carbons (Fsp3) is 0.222. The fourth-order valence-corrected chi connectivity index (χ4v) is 3.46. The minimum Gasteiger partial charge on any atom is -0.495 e. The van der Waals surface area contributed by atoms with E-state index >= 15 is 0 Å². The van der Waals surface area contributed by atoms with Gasteiger partial charge in [-0.25, -0.2) is 13.8 Å². The Bertz CT molecular complexity index is 1090. The number of nitrogens with one attached hydrogen (secondary N) is 1. The van der Waals surface area contributed by atoms with Gasteiger partial charge in [-0.2, -0.15) is 5.10 Å². The van der Waals surface area contributed by atoms with Crippen molar-refractivity contribution >= 4 is 44.6 Å². The minimum atomic E-state index is -3.84. The number of hydrogen-bond donors (Lipinski definition) is 1. The van der Waals surface area contributed by atoms with E-state index in [1.807, 2.05) is 0 Å². The van der Waals surface area contributed by atoms with Gasteiger partial charge in [0.05, 0.1) is 29.7 Å². The maximum absolute atomic E-state index is 12.3. The van der Waals surface area contributed by atoms with Gasteiger partial charge in [0.25, 0.3) is 11.6 Å². The van der Waals surface area contributed by atoms with Gasteiger partial charge in [0.2, 0.25) is 10.0 Å². The predicted octanol–water partition coefficient (Wildman–Crippen LogP) is 2.56. The monoisotopic (exact) mass is 454 g/mol. The Morgan fingerprint density at radius 3 is 2.43 bits per heavy atom. The SMILES string of the molecule is COc1ccc(Cl)cc1N(CC(=O)N/N=C(/C)c1ccc([N+](=O)[O-])cc1)S(C)(=O)=O. The molecule has 0 unspecified atom stereocenters. The Hall–Kier alpha value is -3.18. The van der Waals surface area contributed by atoms with Gasteiger partial charge >= 0.3 is 0 Å². The molecule has 10 nitrogen and oxygen atoms in total. The summed E-state index contributed by atoms with van der Waals surface area (Å²) in [5.74, 6) is -0.480. The number of nitro benzene ring substituents is 1. The standard InChI is InChI=1S/C18H19ClN4O6S/c1-12(13-4-7-15(8-5-13)23(25)26)20-21-18(24)11-22(30(3,27)28)16-10-14(19)6-9-17(16)29-2/h4-10H,11H2,1-3H3,(H,21,24)/b20-12-. The molecule has 0 heterocycles. The van der Waals surface area contributed by atoms with E-state index < -0.39 is 27.4 Å². The largest absolute Gasteiger partial charge is 0.495 e. The summed E-state index contributed by atoms with van der Waals surface area (Å²) in [5, 5.41) is 14.9. The lowest BCUT2D eigenvalue weighted by Gasteiger charge is -2.23. The van der Waals surface area contributed by atoms with E-state index in [4.69, 9.17) is 16.3 Å². The Morgan fingerprint density at radius 1 is 1.27 bits per heavy atom. The average Bonchev–Trinajstić information content (AvgIpc) is 2.69. The number of nitrogens with zero attached hydrogens (tertiary/aromatic N) is 3. The van der Waals surface area contributed by atoms with Crippen LogP contribution in [0.15, 0.2) is 47.6 Å². The molecule has 1 amide bonds. The van der Waals surface area contributed by atoms with E-state index in [2.05, 4.69) is 10.5 Å². The second-order valence-corrected chi connectivity index (χ2v) is 8.47. The molecule has 2 rings (SSSR count). The maximum Gasteiger partial charge on any atom is 0.269 e. The highest BCUT2D eigenvalue weighted by Crippen LogP contribution is 2.32. The summed E-state index contributed by atoms with van der Waals surface area (Å²) < 4.78 is 30.5. The summed E-state index contributed by atoms with van der Waals surface area (Å²) in [6, 6.07) is 10.00. The molecule has 2 aromatic carbocycles. The zero-order valence-electron chi connectivity index (χ0n) is 16.3. The van der Waals surface area contributed by atoms with Gasteiger partial charge in [-0.1, -0.05) is 11.6 Å². The Balaban J connectivity index is 2.20. The summed E-state index contributed by atoms with van der Waals surface area (Å²) in [6.45, 7) is 1.03. The minimum absolute atomic E-state index is 0.0742. The molecule has 0 aliphatic rings. The zero-order valence-corrected chi connectivity index (χ0v) is 17.9. The lowest BCUT2D eigenvalue weighted by atomic mass is 10.1. The number of benzene rings is 2. The Labute approximate surface area is 178 Å². The zero-order chi connectivity index (χ0) is 22.5. The van der Waals surface area contributed by atoms with Crippen molar-refractivity contribution in [3.05, 3.63) is 63.2 Å². The number of methoxy groups -OCH3 is 1. The van der Waals surface area contributed by atoms with Crippen molar-refractivity contribution in [2.45, 2.75) is 6.92 Å². The first-order chi connectivity index (χ1) is 14.0.